The summed E-state index contributed by atoms with van der Waals surface area (Å²) in [6.07, 6.45) is 0.630. The van der Waals surface area contributed by atoms with Gasteiger partial charge in [0.15, 0.2) is 0 Å². The molecule has 7 heteroatoms. The van der Waals surface area contributed by atoms with E-state index in [1.54, 1.807) is 0 Å². The monoisotopic (exact) mass is 264 g/mol. The Labute approximate surface area is 104 Å². The van der Waals surface area contributed by atoms with Gasteiger partial charge in [-0.15, -0.1) is 0 Å². The number of carboxylic acids is 2. The number of phenols is 1. The number of aliphatic hydroxyl groups is 1. The van der Waals surface area contributed by atoms with Gasteiger partial charge in [-0.25, -0.2) is 9.59 Å². The summed E-state index contributed by atoms with van der Waals surface area (Å²) in [5.41, 5.74) is -0.166. The molecule has 0 amide bonds. The van der Waals surface area contributed by atoms with Crippen molar-refractivity contribution < 1.29 is 34.4 Å². The zero-order valence-electron chi connectivity index (χ0n) is 9.32. The van der Waals surface area contributed by atoms with Gasteiger partial charge >= 0.3 is 11.9 Å². The highest BCUT2D eigenvalue weighted by Gasteiger charge is 2.14. The van der Waals surface area contributed by atoms with Crippen LogP contribution in [0.25, 0.3) is 22.8 Å². The SMILES string of the molecule is O=C(O)C=c1oc2ccc(O)cc2c1=C(O)C(=O)O. The number of fused-ring (bicyclic) bond motifs is 1. The third-order valence-corrected chi connectivity index (χ3v) is 2.39. The van der Waals surface area contributed by atoms with Gasteiger partial charge in [-0.2, -0.15) is 0 Å². The van der Waals surface area contributed by atoms with Crippen LogP contribution in [0.15, 0.2) is 22.6 Å². The third-order valence-electron chi connectivity index (χ3n) is 2.39. The zero-order chi connectivity index (χ0) is 14.2. The average molecular weight is 264 g/mol. The summed E-state index contributed by atoms with van der Waals surface area (Å²) >= 11 is 0. The zero-order valence-corrected chi connectivity index (χ0v) is 9.32. The van der Waals surface area contributed by atoms with Crippen LogP contribution in [-0.2, 0) is 9.59 Å². The van der Waals surface area contributed by atoms with E-state index < -0.39 is 17.7 Å². The van der Waals surface area contributed by atoms with Crippen molar-refractivity contribution in [3.63, 3.8) is 0 Å². The first-order valence-electron chi connectivity index (χ1n) is 5.03. The summed E-state index contributed by atoms with van der Waals surface area (Å²) in [5, 5.41) is 36.2. The highest BCUT2D eigenvalue weighted by molar-refractivity contribution is 6.07. The van der Waals surface area contributed by atoms with Gasteiger partial charge in [0.1, 0.15) is 16.7 Å². The van der Waals surface area contributed by atoms with Crippen molar-refractivity contribution in [2.24, 2.45) is 0 Å². The molecule has 0 atom stereocenters. The molecule has 1 aromatic heterocycles. The van der Waals surface area contributed by atoms with Crippen LogP contribution in [-0.4, -0.2) is 32.4 Å². The van der Waals surface area contributed by atoms with Crippen LogP contribution in [0.1, 0.15) is 0 Å². The number of phenolic OH excluding ortho intramolecular Hbond substituents is 1. The Morgan fingerprint density at radius 2 is 1.84 bits per heavy atom. The Hall–Kier alpha value is -2.96. The van der Waals surface area contributed by atoms with Crippen LogP contribution in [0.5, 0.6) is 5.75 Å². The summed E-state index contributed by atoms with van der Waals surface area (Å²) in [6.45, 7) is 0. The van der Waals surface area contributed by atoms with E-state index in [-0.39, 0.29) is 27.4 Å². The number of carbonyl (C=O) groups is 2. The normalized spacial score (nSPS) is 13.6. The van der Waals surface area contributed by atoms with Crippen molar-refractivity contribution >= 4 is 34.7 Å². The summed E-state index contributed by atoms with van der Waals surface area (Å²) in [5.74, 6) is -4.22. The Kier molecular flexibility index (Phi) is 2.88. The summed E-state index contributed by atoms with van der Waals surface area (Å²) < 4.78 is 5.14. The molecule has 0 saturated carbocycles. The fourth-order valence-corrected chi connectivity index (χ4v) is 1.67. The maximum atomic E-state index is 10.8. The second kappa shape index (κ2) is 4.37. The molecule has 0 radical (unpaired) electrons. The topological polar surface area (TPSA) is 128 Å². The molecule has 19 heavy (non-hydrogen) atoms. The summed E-state index contributed by atoms with van der Waals surface area (Å²) in [6, 6.07) is 3.80. The number of aliphatic hydroxyl groups excluding tert-OH is 1. The van der Waals surface area contributed by atoms with E-state index in [0.717, 1.165) is 0 Å². The highest BCUT2D eigenvalue weighted by atomic mass is 16.4. The van der Waals surface area contributed by atoms with Gasteiger partial charge in [0.2, 0.25) is 5.76 Å². The largest absolute Gasteiger partial charge is 0.508 e. The van der Waals surface area contributed by atoms with Gasteiger partial charge in [-0.1, -0.05) is 0 Å². The number of aromatic hydroxyl groups is 1. The Balaban J connectivity index is 3.07. The predicted octanol–water partition coefficient (Wildman–Crippen LogP) is -0.246. The molecule has 0 spiro atoms. The fraction of sp³-hybridized carbons (Fsp3) is 0. The van der Waals surface area contributed by atoms with Crippen molar-refractivity contribution in [1.82, 2.24) is 0 Å². The molecule has 0 aliphatic carbocycles. The van der Waals surface area contributed by atoms with Crippen molar-refractivity contribution in [2.75, 3.05) is 0 Å². The molecular formula is C12H8O7. The molecule has 2 rings (SSSR count). The first-order chi connectivity index (χ1) is 8.90. The first-order valence-corrected chi connectivity index (χ1v) is 5.03. The molecular weight excluding hydrogens is 256 g/mol. The molecule has 1 heterocycles. The van der Waals surface area contributed by atoms with Gasteiger partial charge in [-0.05, 0) is 18.2 Å². The number of aliphatic carboxylic acids is 2. The second-order valence-corrected chi connectivity index (χ2v) is 3.66. The molecule has 0 bridgehead atoms. The number of carboxylic acid groups (broad SMARTS) is 2. The standard InChI is InChI=1S/C12H8O7/c13-5-1-2-7-6(3-5)10(11(16)12(17)18)8(19-7)4-9(14)15/h1-4,13,16H,(H,14,15)(H,17,18). The second-order valence-electron chi connectivity index (χ2n) is 3.66. The lowest BCUT2D eigenvalue weighted by Crippen LogP contribution is -2.27. The van der Waals surface area contributed by atoms with Gasteiger partial charge in [0, 0.05) is 5.39 Å². The van der Waals surface area contributed by atoms with Gasteiger partial charge < -0.3 is 24.8 Å². The molecule has 2 aromatic rings. The van der Waals surface area contributed by atoms with Crippen LogP contribution in [0.4, 0.5) is 0 Å². The predicted molar refractivity (Wildman–Crippen MR) is 62.9 cm³/mol. The van der Waals surface area contributed by atoms with Crippen LogP contribution in [0.3, 0.4) is 0 Å². The minimum atomic E-state index is -1.63. The molecule has 0 unspecified atom stereocenters. The summed E-state index contributed by atoms with van der Waals surface area (Å²) in [7, 11) is 0. The maximum absolute atomic E-state index is 10.8. The van der Waals surface area contributed by atoms with Crippen molar-refractivity contribution in [2.45, 2.75) is 0 Å². The van der Waals surface area contributed by atoms with Gasteiger partial charge in [0.25, 0.3) is 0 Å². The van der Waals surface area contributed by atoms with Crippen LogP contribution >= 0.6 is 0 Å². The molecule has 4 N–H and O–H groups in total. The maximum Gasteiger partial charge on any atom is 0.371 e. The van der Waals surface area contributed by atoms with E-state index >= 15 is 0 Å². The Morgan fingerprint density at radius 3 is 2.42 bits per heavy atom. The lowest BCUT2D eigenvalue weighted by molar-refractivity contribution is -0.132. The molecule has 0 saturated heterocycles. The Morgan fingerprint density at radius 1 is 1.16 bits per heavy atom. The van der Waals surface area contributed by atoms with Gasteiger partial charge in [0.05, 0.1) is 11.3 Å². The number of hydrogen-bond donors (Lipinski definition) is 4. The molecule has 98 valence electrons. The van der Waals surface area contributed by atoms with Crippen LogP contribution in [0.2, 0.25) is 0 Å². The molecule has 0 aliphatic rings. The number of rotatable bonds is 2. The Bertz CT molecular complexity index is 797. The molecule has 0 fully saturated rings. The average Bonchev–Trinajstić information content (AvgIpc) is 2.64. The van der Waals surface area contributed by atoms with Gasteiger partial charge in [-0.3, -0.25) is 0 Å². The van der Waals surface area contributed by atoms with E-state index in [2.05, 4.69) is 0 Å². The highest BCUT2D eigenvalue weighted by Crippen LogP contribution is 2.16. The van der Waals surface area contributed by atoms with E-state index in [9.17, 15) is 19.8 Å². The van der Waals surface area contributed by atoms with Crippen molar-refractivity contribution in [3.05, 3.63) is 28.8 Å². The number of benzene rings is 1. The van der Waals surface area contributed by atoms with E-state index in [1.807, 2.05) is 0 Å². The molecule has 7 nitrogen and oxygen atoms in total. The molecule has 1 aromatic carbocycles. The quantitative estimate of drug-likeness (QED) is 0.589. The lowest BCUT2D eigenvalue weighted by atomic mass is 10.2. The summed E-state index contributed by atoms with van der Waals surface area (Å²) in [4.78, 5) is 21.5. The number of furan rings is 1. The molecule has 0 aliphatic heterocycles. The van der Waals surface area contributed by atoms with Crippen LogP contribution in [0, 0.1) is 0 Å². The minimum absolute atomic E-state index is 0.104. The van der Waals surface area contributed by atoms with E-state index in [1.165, 1.54) is 18.2 Å². The smallest absolute Gasteiger partial charge is 0.371 e. The fourth-order valence-electron chi connectivity index (χ4n) is 1.67. The van der Waals surface area contributed by atoms with E-state index in [0.29, 0.717) is 6.08 Å². The van der Waals surface area contributed by atoms with Crippen molar-refractivity contribution in [3.8, 4) is 5.75 Å². The van der Waals surface area contributed by atoms with Crippen LogP contribution < -0.4 is 10.6 Å². The van der Waals surface area contributed by atoms with Crippen molar-refractivity contribution in [1.29, 1.82) is 0 Å². The number of hydrogen-bond acceptors (Lipinski definition) is 5. The third kappa shape index (κ3) is 2.21. The lowest BCUT2D eigenvalue weighted by Gasteiger charge is -1.92. The minimum Gasteiger partial charge on any atom is -0.508 e. The van der Waals surface area contributed by atoms with E-state index in [4.69, 9.17) is 14.6 Å². The first kappa shape index (κ1) is 12.5.